The number of benzene rings is 2. The number of fused-ring (bicyclic) bond motifs is 1. The molecule has 1 atom stereocenters. The van der Waals surface area contributed by atoms with E-state index in [2.05, 4.69) is 17.9 Å². The first-order chi connectivity index (χ1) is 8.92. The summed E-state index contributed by atoms with van der Waals surface area (Å²) in [4.78, 5) is 0. The van der Waals surface area contributed by atoms with Gasteiger partial charge in [0.25, 0.3) is 0 Å². The molecule has 1 heteroatoms. The fraction of sp³-hybridized carbons (Fsp3) is 0.0588. The van der Waals surface area contributed by atoms with Crippen LogP contribution in [0.2, 0.25) is 0 Å². The van der Waals surface area contributed by atoms with Crippen LogP contribution in [0, 0.1) is 11.8 Å². The van der Waals surface area contributed by atoms with E-state index in [0.29, 0.717) is 0 Å². The molecule has 1 heterocycles. The minimum Gasteiger partial charge on any atom is -0.473 e. The molecule has 0 fully saturated rings. The van der Waals surface area contributed by atoms with E-state index in [0.717, 1.165) is 16.9 Å². The van der Waals surface area contributed by atoms with Gasteiger partial charge in [0.2, 0.25) is 0 Å². The van der Waals surface area contributed by atoms with Crippen LogP contribution >= 0.6 is 0 Å². The number of hydrogen-bond donors (Lipinski definition) is 0. The van der Waals surface area contributed by atoms with E-state index in [4.69, 9.17) is 4.74 Å². The molecule has 0 saturated carbocycles. The third kappa shape index (κ3) is 2.28. The van der Waals surface area contributed by atoms with Crippen LogP contribution in [0.5, 0.6) is 5.75 Å². The molecule has 2 aromatic carbocycles. The largest absolute Gasteiger partial charge is 0.473 e. The van der Waals surface area contributed by atoms with Crippen molar-refractivity contribution in [1.29, 1.82) is 0 Å². The van der Waals surface area contributed by atoms with Gasteiger partial charge in [-0.3, -0.25) is 0 Å². The van der Waals surface area contributed by atoms with Crippen molar-refractivity contribution in [2.45, 2.75) is 6.10 Å². The van der Waals surface area contributed by atoms with Crippen molar-refractivity contribution in [3.63, 3.8) is 0 Å². The molecule has 18 heavy (non-hydrogen) atoms. The normalized spacial score (nSPS) is 16.1. The summed E-state index contributed by atoms with van der Waals surface area (Å²) in [5.41, 5.74) is 2.11. The van der Waals surface area contributed by atoms with Gasteiger partial charge in [-0.15, -0.1) is 0 Å². The Morgan fingerprint density at radius 1 is 0.889 bits per heavy atom. The van der Waals surface area contributed by atoms with Crippen molar-refractivity contribution in [3.05, 3.63) is 71.8 Å². The van der Waals surface area contributed by atoms with E-state index < -0.39 is 0 Å². The van der Waals surface area contributed by atoms with Gasteiger partial charge in [0, 0.05) is 11.1 Å². The van der Waals surface area contributed by atoms with Crippen LogP contribution in [0.3, 0.4) is 0 Å². The lowest BCUT2D eigenvalue weighted by Gasteiger charge is -2.16. The molecule has 86 valence electrons. The van der Waals surface area contributed by atoms with E-state index in [-0.39, 0.29) is 6.10 Å². The Morgan fingerprint density at radius 3 is 2.56 bits per heavy atom. The quantitative estimate of drug-likeness (QED) is 0.631. The number of ether oxygens (including phenoxy) is 1. The van der Waals surface area contributed by atoms with Crippen molar-refractivity contribution in [2.75, 3.05) is 0 Å². The third-order valence-electron chi connectivity index (χ3n) is 2.76. The average molecular weight is 232 g/mol. The molecule has 0 unspecified atom stereocenters. The highest BCUT2D eigenvalue weighted by Gasteiger charge is 2.10. The zero-order valence-electron chi connectivity index (χ0n) is 9.84. The monoisotopic (exact) mass is 232 g/mol. The molecule has 1 aliphatic rings. The van der Waals surface area contributed by atoms with Crippen LogP contribution in [0.4, 0.5) is 0 Å². The second kappa shape index (κ2) is 4.81. The van der Waals surface area contributed by atoms with Crippen LogP contribution in [0.25, 0.3) is 6.08 Å². The highest BCUT2D eigenvalue weighted by Crippen LogP contribution is 2.24. The molecule has 3 rings (SSSR count). The molecule has 0 radical (unpaired) electrons. The molecule has 1 aliphatic heterocycles. The highest BCUT2D eigenvalue weighted by molar-refractivity contribution is 5.60. The van der Waals surface area contributed by atoms with Crippen LogP contribution < -0.4 is 4.74 Å². The fourth-order valence-corrected chi connectivity index (χ4v) is 1.85. The Balaban J connectivity index is 1.80. The summed E-state index contributed by atoms with van der Waals surface area (Å²) in [7, 11) is 0. The predicted octanol–water partition coefficient (Wildman–Crippen LogP) is 3.51. The molecular formula is C17H12O. The number of hydrogen-bond acceptors (Lipinski definition) is 1. The molecule has 0 spiro atoms. The Bertz CT molecular complexity index is 629. The minimum absolute atomic E-state index is 0.167. The van der Waals surface area contributed by atoms with Gasteiger partial charge in [-0.05, 0) is 30.2 Å². The summed E-state index contributed by atoms with van der Waals surface area (Å²) in [5.74, 6) is 7.13. The van der Waals surface area contributed by atoms with Gasteiger partial charge in [-0.2, -0.15) is 0 Å². The highest BCUT2D eigenvalue weighted by atomic mass is 16.5. The maximum atomic E-state index is 5.79. The van der Waals surface area contributed by atoms with Crippen LogP contribution in [-0.4, -0.2) is 6.10 Å². The Hall–Kier alpha value is -2.46. The van der Waals surface area contributed by atoms with Gasteiger partial charge >= 0.3 is 0 Å². The van der Waals surface area contributed by atoms with Crippen molar-refractivity contribution in [2.24, 2.45) is 0 Å². The summed E-state index contributed by atoms with van der Waals surface area (Å²) >= 11 is 0. The summed E-state index contributed by atoms with van der Waals surface area (Å²) in [6.07, 6.45) is 3.88. The molecule has 2 aromatic rings. The van der Waals surface area contributed by atoms with Crippen LogP contribution in [0.15, 0.2) is 60.7 Å². The second-order valence-corrected chi connectivity index (χ2v) is 4.07. The van der Waals surface area contributed by atoms with Gasteiger partial charge in [0.05, 0.1) is 0 Å². The van der Waals surface area contributed by atoms with Crippen molar-refractivity contribution in [1.82, 2.24) is 0 Å². The molecule has 0 saturated heterocycles. The van der Waals surface area contributed by atoms with Crippen molar-refractivity contribution in [3.8, 4) is 17.6 Å². The van der Waals surface area contributed by atoms with Crippen LogP contribution in [-0.2, 0) is 0 Å². The second-order valence-electron chi connectivity index (χ2n) is 4.07. The minimum atomic E-state index is -0.167. The first-order valence-electron chi connectivity index (χ1n) is 5.92. The molecule has 0 aliphatic carbocycles. The topological polar surface area (TPSA) is 9.23 Å². The van der Waals surface area contributed by atoms with Crippen molar-refractivity contribution < 1.29 is 4.74 Å². The lowest BCUT2D eigenvalue weighted by molar-refractivity contribution is 0.301. The average Bonchev–Trinajstić information content (AvgIpc) is 2.46. The zero-order chi connectivity index (χ0) is 12.2. The predicted molar refractivity (Wildman–Crippen MR) is 73.2 cm³/mol. The molecule has 1 nitrogen and oxygen atoms in total. The van der Waals surface area contributed by atoms with E-state index in [1.165, 1.54) is 0 Å². The van der Waals surface area contributed by atoms with E-state index in [1.54, 1.807) is 0 Å². The summed E-state index contributed by atoms with van der Waals surface area (Å²) in [6, 6.07) is 17.9. The first kappa shape index (κ1) is 10.7. The number of para-hydroxylation sites is 1. The van der Waals surface area contributed by atoms with Crippen molar-refractivity contribution >= 4 is 6.08 Å². The third-order valence-corrected chi connectivity index (χ3v) is 2.76. The maximum Gasteiger partial charge on any atom is 0.178 e. The Labute approximate surface area is 107 Å². The number of rotatable bonds is 0. The standard InChI is InChI=1S/C17H12O/c1-2-6-14(7-3-1)10-12-16-13-11-15-8-4-5-9-17(15)18-16/h1-9,11,13,16H/t16-/m1/s1. The molecule has 0 amide bonds. The molecule has 0 bridgehead atoms. The van der Waals surface area contributed by atoms with E-state index >= 15 is 0 Å². The SMILES string of the molecule is C(#C[C@@H]1C=Cc2ccccc2O1)c1ccccc1. The van der Waals surface area contributed by atoms with Gasteiger partial charge in [-0.1, -0.05) is 48.4 Å². The Morgan fingerprint density at radius 2 is 1.67 bits per heavy atom. The van der Waals surface area contributed by atoms with Gasteiger partial charge in [-0.25, -0.2) is 0 Å². The lowest BCUT2D eigenvalue weighted by Crippen LogP contribution is -2.14. The Kier molecular flexibility index (Phi) is 2.85. The smallest absolute Gasteiger partial charge is 0.178 e. The summed E-state index contributed by atoms with van der Waals surface area (Å²) in [6.45, 7) is 0. The van der Waals surface area contributed by atoms with E-state index in [9.17, 15) is 0 Å². The van der Waals surface area contributed by atoms with Crippen LogP contribution in [0.1, 0.15) is 11.1 Å². The first-order valence-corrected chi connectivity index (χ1v) is 5.92. The maximum absolute atomic E-state index is 5.79. The zero-order valence-corrected chi connectivity index (χ0v) is 9.84. The summed E-state index contributed by atoms with van der Waals surface area (Å²) < 4.78 is 5.79. The summed E-state index contributed by atoms with van der Waals surface area (Å²) in [5, 5.41) is 0. The lowest BCUT2D eigenvalue weighted by atomic mass is 10.1. The molecule has 0 N–H and O–H groups in total. The fourth-order valence-electron chi connectivity index (χ4n) is 1.85. The van der Waals surface area contributed by atoms with Gasteiger partial charge in [0.15, 0.2) is 6.10 Å². The molecule has 0 aromatic heterocycles. The molecular weight excluding hydrogens is 220 g/mol. The van der Waals surface area contributed by atoms with E-state index in [1.807, 2.05) is 60.7 Å². The van der Waals surface area contributed by atoms with Gasteiger partial charge in [0.1, 0.15) is 5.75 Å². The van der Waals surface area contributed by atoms with Gasteiger partial charge < -0.3 is 4.74 Å².